The molecule has 3 heterocycles. The molecule has 4 unspecified atom stereocenters. The van der Waals surface area contributed by atoms with Crippen LogP contribution < -0.4 is 19.7 Å². The lowest BCUT2D eigenvalue weighted by atomic mass is 9.64. The minimum absolute atomic E-state index is 0.255. The molecule has 0 radical (unpaired) electrons. The summed E-state index contributed by atoms with van der Waals surface area (Å²) in [6.45, 7) is 4.06. The highest BCUT2D eigenvalue weighted by Crippen LogP contribution is 2.59. The number of methoxy groups -OCH3 is 2. The van der Waals surface area contributed by atoms with Crippen molar-refractivity contribution in [3.05, 3.63) is 125 Å². The second kappa shape index (κ2) is 10.2. The molecule has 7 heteroatoms. The number of nitrogens with one attached hydrogen (secondary N) is 1. The van der Waals surface area contributed by atoms with Gasteiger partial charge in [-0.25, -0.2) is 0 Å². The van der Waals surface area contributed by atoms with Crippen molar-refractivity contribution in [2.75, 3.05) is 24.4 Å². The summed E-state index contributed by atoms with van der Waals surface area (Å²) in [6.07, 6.45) is 2.07. The fourth-order valence-corrected chi connectivity index (χ4v) is 7.43. The van der Waals surface area contributed by atoms with Crippen LogP contribution in [0.5, 0.6) is 11.5 Å². The smallest absolute Gasteiger partial charge is 0.238 e. The van der Waals surface area contributed by atoms with Crippen molar-refractivity contribution in [1.29, 1.82) is 0 Å². The standard InChI is InChI=1S/C37H32N2O5/c1-21-12-17-30-27(18-21)22(2)19-31-37(28-10-5-6-11-29(28)38-36(37)42)32(34(40)23-13-15-25(43-3)16-14-23)33(39(30)31)35(41)24-8-7-9-26(20-24)44-4/h5-20,31-33H,1-4H3,(H,38,42). The zero-order valence-electron chi connectivity index (χ0n) is 25.0. The summed E-state index contributed by atoms with van der Waals surface area (Å²) in [5.41, 5.74) is 4.67. The number of Topliss-reactive ketones (excluding diaryl/α,β-unsaturated/α-hetero) is 2. The number of rotatable bonds is 6. The van der Waals surface area contributed by atoms with Gasteiger partial charge >= 0.3 is 0 Å². The van der Waals surface area contributed by atoms with Crippen LogP contribution in [0.25, 0.3) is 5.57 Å². The van der Waals surface area contributed by atoms with Gasteiger partial charge in [-0.2, -0.15) is 0 Å². The van der Waals surface area contributed by atoms with Crippen LogP contribution in [0.2, 0.25) is 0 Å². The van der Waals surface area contributed by atoms with Crippen molar-refractivity contribution in [2.24, 2.45) is 5.92 Å². The molecule has 4 atom stereocenters. The van der Waals surface area contributed by atoms with E-state index in [1.807, 2.05) is 55.1 Å². The third-order valence-corrected chi connectivity index (χ3v) is 9.41. The van der Waals surface area contributed by atoms with Crippen LogP contribution in [0.1, 0.15) is 44.3 Å². The minimum atomic E-state index is -1.38. The van der Waals surface area contributed by atoms with Crippen molar-refractivity contribution in [3.63, 3.8) is 0 Å². The van der Waals surface area contributed by atoms with Crippen molar-refractivity contribution in [3.8, 4) is 11.5 Å². The highest BCUT2D eigenvalue weighted by molar-refractivity contribution is 6.18. The first kappa shape index (κ1) is 27.7. The Morgan fingerprint density at radius 2 is 1.55 bits per heavy atom. The number of benzene rings is 4. The molecule has 0 bridgehead atoms. The maximum absolute atomic E-state index is 15.0. The molecule has 220 valence electrons. The number of hydrogen-bond donors (Lipinski definition) is 1. The quantitative estimate of drug-likeness (QED) is 0.270. The SMILES string of the molecule is COc1ccc(C(=O)C2C(C(=O)c3cccc(OC)c3)N3c4ccc(C)cc4C(C)=CC3C23C(=O)Nc2ccccc23)cc1. The summed E-state index contributed by atoms with van der Waals surface area (Å²) in [4.78, 5) is 46.5. The van der Waals surface area contributed by atoms with Crippen LogP contribution in [0.4, 0.5) is 11.4 Å². The molecule has 1 spiro atoms. The number of ketones is 2. The molecular weight excluding hydrogens is 552 g/mol. The Labute approximate surface area is 256 Å². The van der Waals surface area contributed by atoms with Gasteiger partial charge in [0.2, 0.25) is 5.91 Å². The van der Waals surface area contributed by atoms with Gasteiger partial charge in [0, 0.05) is 28.1 Å². The van der Waals surface area contributed by atoms with E-state index in [0.717, 1.165) is 22.4 Å². The van der Waals surface area contributed by atoms with Crippen LogP contribution in [0.15, 0.2) is 97.1 Å². The molecule has 3 aliphatic heterocycles. The van der Waals surface area contributed by atoms with E-state index in [4.69, 9.17) is 9.47 Å². The summed E-state index contributed by atoms with van der Waals surface area (Å²) in [6, 6.07) is 25.9. The predicted octanol–water partition coefficient (Wildman–Crippen LogP) is 6.26. The normalized spacial score (nSPS) is 22.9. The number of allylic oxidation sites excluding steroid dienone is 1. The Hall–Kier alpha value is -5.17. The van der Waals surface area contributed by atoms with Gasteiger partial charge in [-0.1, -0.05) is 48.0 Å². The highest BCUT2D eigenvalue weighted by Gasteiger charge is 2.70. The number of carbonyl (C=O) groups excluding carboxylic acids is 3. The number of nitrogens with zero attached hydrogens (tertiary/aromatic N) is 1. The topological polar surface area (TPSA) is 84.9 Å². The Morgan fingerprint density at radius 1 is 0.795 bits per heavy atom. The van der Waals surface area contributed by atoms with E-state index in [0.29, 0.717) is 33.9 Å². The fourth-order valence-electron chi connectivity index (χ4n) is 7.43. The van der Waals surface area contributed by atoms with Gasteiger partial charge in [-0.3, -0.25) is 14.4 Å². The third kappa shape index (κ3) is 3.85. The number of carbonyl (C=O) groups is 3. The first-order chi connectivity index (χ1) is 21.3. The molecule has 0 saturated carbocycles. The average Bonchev–Trinajstić information content (AvgIpc) is 3.52. The van der Waals surface area contributed by atoms with Crippen molar-refractivity contribution in [2.45, 2.75) is 31.3 Å². The largest absolute Gasteiger partial charge is 0.497 e. The number of fused-ring (bicyclic) bond motifs is 6. The summed E-state index contributed by atoms with van der Waals surface area (Å²) >= 11 is 0. The molecule has 1 saturated heterocycles. The number of para-hydroxylation sites is 1. The fraction of sp³-hybridized carbons (Fsp3) is 0.216. The summed E-state index contributed by atoms with van der Waals surface area (Å²) in [5.74, 6) is -0.742. The monoisotopic (exact) mass is 584 g/mol. The second-order valence-electron chi connectivity index (χ2n) is 11.7. The lowest BCUT2D eigenvalue weighted by Crippen LogP contribution is -2.51. The molecule has 1 fully saturated rings. The van der Waals surface area contributed by atoms with Gasteiger partial charge in [0.25, 0.3) is 0 Å². The molecule has 3 aliphatic rings. The first-order valence-corrected chi connectivity index (χ1v) is 14.6. The Balaban J connectivity index is 1.54. The van der Waals surface area contributed by atoms with E-state index in [2.05, 4.69) is 17.5 Å². The highest BCUT2D eigenvalue weighted by atomic mass is 16.5. The summed E-state index contributed by atoms with van der Waals surface area (Å²) < 4.78 is 10.8. The van der Waals surface area contributed by atoms with Crippen LogP contribution in [0.3, 0.4) is 0 Å². The molecule has 1 N–H and O–H groups in total. The molecule has 4 aromatic rings. The molecule has 1 amide bonds. The van der Waals surface area contributed by atoms with E-state index in [1.165, 1.54) is 0 Å². The average molecular weight is 585 g/mol. The van der Waals surface area contributed by atoms with Crippen LogP contribution >= 0.6 is 0 Å². The molecule has 0 aromatic heterocycles. The van der Waals surface area contributed by atoms with Gasteiger partial charge in [0.05, 0.1) is 26.2 Å². The van der Waals surface area contributed by atoms with Gasteiger partial charge < -0.3 is 19.7 Å². The van der Waals surface area contributed by atoms with Gasteiger partial charge in [-0.15, -0.1) is 0 Å². The summed E-state index contributed by atoms with van der Waals surface area (Å²) in [5, 5.41) is 3.08. The van der Waals surface area contributed by atoms with Crippen LogP contribution in [0, 0.1) is 12.8 Å². The second-order valence-corrected chi connectivity index (χ2v) is 11.7. The third-order valence-electron chi connectivity index (χ3n) is 9.41. The molecular formula is C37H32N2O5. The number of aryl methyl sites for hydroxylation is 1. The van der Waals surface area contributed by atoms with E-state index in [-0.39, 0.29) is 17.5 Å². The van der Waals surface area contributed by atoms with Crippen molar-refractivity contribution < 1.29 is 23.9 Å². The van der Waals surface area contributed by atoms with Crippen molar-refractivity contribution >= 4 is 34.4 Å². The first-order valence-electron chi connectivity index (χ1n) is 14.6. The van der Waals surface area contributed by atoms with E-state index < -0.39 is 23.4 Å². The molecule has 4 aromatic carbocycles. The molecule has 7 nitrogen and oxygen atoms in total. The number of amides is 1. The van der Waals surface area contributed by atoms with Gasteiger partial charge in [0.1, 0.15) is 23.0 Å². The Kier molecular flexibility index (Phi) is 6.43. The zero-order chi connectivity index (χ0) is 30.7. The Morgan fingerprint density at radius 3 is 2.30 bits per heavy atom. The molecule has 0 aliphatic carbocycles. The number of ether oxygens (including phenoxy) is 2. The lowest BCUT2D eigenvalue weighted by molar-refractivity contribution is -0.121. The Bertz CT molecular complexity index is 1880. The molecule has 7 rings (SSSR count). The lowest BCUT2D eigenvalue weighted by Gasteiger charge is -2.39. The maximum atomic E-state index is 15.0. The van der Waals surface area contributed by atoms with E-state index in [9.17, 15) is 14.4 Å². The number of hydrogen-bond acceptors (Lipinski definition) is 6. The van der Waals surface area contributed by atoms with Crippen LogP contribution in [-0.4, -0.2) is 43.8 Å². The number of anilines is 2. The van der Waals surface area contributed by atoms with Gasteiger partial charge in [0.15, 0.2) is 11.6 Å². The van der Waals surface area contributed by atoms with Gasteiger partial charge in [-0.05, 0) is 79.6 Å². The van der Waals surface area contributed by atoms with E-state index >= 15 is 0 Å². The predicted molar refractivity (Wildman–Crippen MR) is 170 cm³/mol. The van der Waals surface area contributed by atoms with Crippen molar-refractivity contribution in [1.82, 2.24) is 0 Å². The summed E-state index contributed by atoms with van der Waals surface area (Å²) in [7, 11) is 3.12. The minimum Gasteiger partial charge on any atom is -0.497 e. The molecule has 44 heavy (non-hydrogen) atoms. The zero-order valence-corrected chi connectivity index (χ0v) is 25.0. The maximum Gasteiger partial charge on any atom is 0.238 e. The van der Waals surface area contributed by atoms with E-state index in [1.54, 1.807) is 62.8 Å². The van der Waals surface area contributed by atoms with Crippen LogP contribution in [-0.2, 0) is 10.2 Å².